The number of phenols is 1. The molecule has 0 aliphatic heterocycles. The number of fused-ring (bicyclic) bond motifs is 1. The molecule has 0 spiro atoms. The van der Waals surface area contributed by atoms with Gasteiger partial charge in [-0.2, -0.15) is 0 Å². The van der Waals surface area contributed by atoms with Crippen molar-refractivity contribution in [3.8, 4) is 5.75 Å². The van der Waals surface area contributed by atoms with E-state index in [1.54, 1.807) is 6.07 Å². The third kappa shape index (κ3) is 3.27. The number of benzene rings is 1. The first-order valence-corrected chi connectivity index (χ1v) is 8.71. The van der Waals surface area contributed by atoms with Crippen molar-refractivity contribution in [3.63, 3.8) is 0 Å². The van der Waals surface area contributed by atoms with Gasteiger partial charge in [-0.15, -0.1) is 0 Å². The summed E-state index contributed by atoms with van der Waals surface area (Å²) in [7, 11) is 0. The zero-order valence-corrected chi connectivity index (χ0v) is 15.5. The van der Waals surface area contributed by atoms with Gasteiger partial charge in [0, 0.05) is 30.6 Å². The van der Waals surface area contributed by atoms with Crippen molar-refractivity contribution in [2.24, 2.45) is 0 Å². The molecule has 0 radical (unpaired) electrons. The number of phenolic OH excluding ortho intramolecular Hbond substituents is 1. The van der Waals surface area contributed by atoms with Crippen LogP contribution in [0.4, 0.5) is 0 Å². The highest BCUT2D eigenvalue weighted by molar-refractivity contribution is 9.11. The van der Waals surface area contributed by atoms with Gasteiger partial charge < -0.3 is 10.4 Å². The number of hydrogen-bond acceptors (Lipinski definition) is 5. The lowest BCUT2D eigenvalue weighted by Gasteiger charge is -2.16. The van der Waals surface area contributed by atoms with Gasteiger partial charge >= 0.3 is 0 Å². The largest absolute Gasteiger partial charge is 0.506 e. The number of nitrogens with zero attached hydrogens (tertiary/aromatic N) is 1. The van der Waals surface area contributed by atoms with E-state index in [0.717, 1.165) is 5.56 Å². The fraction of sp³-hybridized carbons (Fsp3) is 0.118. The highest BCUT2D eigenvalue weighted by Gasteiger charge is 2.25. The molecule has 7 heteroatoms. The molecule has 0 amide bonds. The smallest absolute Gasteiger partial charge is 0.211 e. The average Bonchev–Trinajstić information content (AvgIpc) is 2.57. The van der Waals surface area contributed by atoms with Gasteiger partial charge in [-0.25, -0.2) is 0 Å². The van der Waals surface area contributed by atoms with Crippen molar-refractivity contribution < 1.29 is 14.7 Å². The van der Waals surface area contributed by atoms with Gasteiger partial charge in [-0.1, -0.05) is 0 Å². The summed E-state index contributed by atoms with van der Waals surface area (Å²) in [6, 6.07) is 5.17. The lowest BCUT2D eigenvalue weighted by molar-refractivity contribution is 0.0978. The summed E-state index contributed by atoms with van der Waals surface area (Å²) in [5.41, 5.74) is 1.95. The molecule has 1 aliphatic carbocycles. The van der Waals surface area contributed by atoms with Gasteiger partial charge in [0.25, 0.3) is 0 Å². The molecular formula is C17H12Br2N2O3. The number of aromatic hydroxyl groups is 1. The molecule has 122 valence electrons. The minimum Gasteiger partial charge on any atom is -0.506 e. The topological polar surface area (TPSA) is 79.3 Å². The van der Waals surface area contributed by atoms with Gasteiger partial charge in [-0.05, 0) is 62.0 Å². The molecule has 0 bridgehead atoms. The van der Waals surface area contributed by atoms with Crippen LogP contribution in [0.1, 0.15) is 26.3 Å². The molecule has 1 aliphatic rings. The number of ketones is 2. The second kappa shape index (κ2) is 6.86. The maximum absolute atomic E-state index is 12.4. The fourth-order valence-electron chi connectivity index (χ4n) is 2.44. The van der Waals surface area contributed by atoms with Crippen LogP contribution in [-0.2, 0) is 6.42 Å². The summed E-state index contributed by atoms with van der Waals surface area (Å²) in [4.78, 5) is 28.4. The number of carbonyl (C=O) groups is 2. The van der Waals surface area contributed by atoms with Gasteiger partial charge in [0.1, 0.15) is 5.75 Å². The Balaban J connectivity index is 1.70. The van der Waals surface area contributed by atoms with Crippen molar-refractivity contribution in [1.82, 2.24) is 10.3 Å². The van der Waals surface area contributed by atoms with Crippen LogP contribution in [0.3, 0.4) is 0 Å². The monoisotopic (exact) mass is 450 g/mol. The number of carbonyl (C=O) groups excluding carboxylic acids is 2. The van der Waals surface area contributed by atoms with Crippen LogP contribution in [0.2, 0.25) is 0 Å². The van der Waals surface area contributed by atoms with E-state index in [9.17, 15) is 14.7 Å². The first kappa shape index (κ1) is 16.9. The molecule has 1 aromatic carbocycles. The molecule has 0 atom stereocenters. The van der Waals surface area contributed by atoms with E-state index in [2.05, 4.69) is 42.2 Å². The second-order valence-electron chi connectivity index (χ2n) is 5.26. The van der Waals surface area contributed by atoms with E-state index in [1.807, 2.05) is 12.1 Å². The summed E-state index contributed by atoms with van der Waals surface area (Å²) < 4.78 is 1.19. The Morgan fingerprint density at radius 1 is 1.12 bits per heavy atom. The van der Waals surface area contributed by atoms with E-state index in [-0.39, 0.29) is 23.0 Å². The number of rotatable bonds is 4. The molecule has 2 aromatic rings. The fourth-order valence-corrected chi connectivity index (χ4v) is 3.73. The highest BCUT2D eigenvalue weighted by Crippen LogP contribution is 2.33. The van der Waals surface area contributed by atoms with Crippen LogP contribution >= 0.6 is 31.9 Å². The molecule has 0 fully saturated rings. The number of aromatic nitrogens is 1. The zero-order chi connectivity index (χ0) is 17.3. The molecule has 5 nitrogen and oxygen atoms in total. The molecule has 1 aromatic heterocycles. The Morgan fingerprint density at radius 3 is 2.54 bits per heavy atom. The van der Waals surface area contributed by atoms with Crippen LogP contribution in [0.5, 0.6) is 5.75 Å². The number of nitrogens with one attached hydrogen (secondary N) is 1. The summed E-state index contributed by atoms with van der Waals surface area (Å²) in [5, 5.41) is 12.7. The van der Waals surface area contributed by atoms with E-state index < -0.39 is 0 Å². The maximum atomic E-state index is 12.4. The van der Waals surface area contributed by atoms with Crippen molar-refractivity contribution in [1.29, 1.82) is 0 Å². The number of allylic oxidation sites excluding steroid dienone is 2. The third-order valence-electron chi connectivity index (χ3n) is 3.66. The van der Waals surface area contributed by atoms with Crippen LogP contribution in [0.15, 0.2) is 51.3 Å². The predicted molar refractivity (Wildman–Crippen MR) is 96.2 cm³/mol. The molecule has 0 unspecified atom stereocenters. The van der Waals surface area contributed by atoms with Gasteiger partial charge in [0.2, 0.25) is 5.78 Å². The summed E-state index contributed by atoms with van der Waals surface area (Å²) in [5.74, 6) is -0.290. The van der Waals surface area contributed by atoms with E-state index in [0.29, 0.717) is 33.0 Å². The first-order chi connectivity index (χ1) is 11.5. The van der Waals surface area contributed by atoms with Crippen molar-refractivity contribution >= 4 is 43.4 Å². The molecule has 3 rings (SSSR count). The molecule has 0 saturated carbocycles. The Morgan fingerprint density at radius 2 is 1.83 bits per heavy atom. The Labute approximate surface area is 155 Å². The van der Waals surface area contributed by atoms with E-state index in [1.165, 1.54) is 18.5 Å². The van der Waals surface area contributed by atoms with Crippen molar-refractivity contribution in [2.75, 3.05) is 6.54 Å². The number of hydrogen-bond donors (Lipinski definition) is 2. The normalized spacial score (nSPS) is 13.5. The van der Waals surface area contributed by atoms with Crippen LogP contribution in [0.25, 0.3) is 0 Å². The van der Waals surface area contributed by atoms with E-state index in [4.69, 9.17) is 0 Å². The third-order valence-corrected chi connectivity index (χ3v) is 4.87. The lowest BCUT2D eigenvalue weighted by Crippen LogP contribution is -2.28. The average molecular weight is 452 g/mol. The molecule has 24 heavy (non-hydrogen) atoms. The molecular weight excluding hydrogens is 440 g/mol. The Hall–Kier alpha value is -1.99. The van der Waals surface area contributed by atoms with Crippen LogP contribution in [0, 0.1) is 0 Å². The zero-order valence-electron chi connectivity index (χ0n) is 12.3. The first-order valence-electron chi connectivity index (χ1n) is 7.13. The predicted octanol–water partition coefficient (Wildman–Crippen LogP) is 3.41. The minimum absolute atomic E-state index is 0.145. The summed E-state index contributed by atoms with van der Waals surface area (Å²) in [6.07, 6.45) is 4.86. The standard InChI is InChI=1S/C17H12Br2N2O3/c18-12-5-9(6-13(19)17(12)24)1-4-21-14-7-15(22)10-2-3-20-8-11(10)16(14)23/h2-3,5-8,21,24H,1,4H2. The quantitative estimate of drug-likeness (QED) is 0.744. The molecule has 1 heterocycles. The maximum Gasteiger partial charge on any atom is 0.211 e. The second-order valence-corrected chi connectivity index (χ2v) is 6.97. The molecule has 0 saturated heterocycles. The number of pyridine rings is 1. The SMILES string of the molecule is O=C1C=C(NCCc2cc(Br)c(O)c(Br)c2)C(=O)c2cnccc21. The summed E-state index contributed by atoms with van der Waals surface area (Å²) >= 11 is 6.57. The van der Waals surface area contributed by atoms with E-state index >= 15 is 0 Å². The summed E-state index contributed by atoms with van der Waals surface area (Å²) in [6.45, 7) is 0.476. The van der Waals surface area contributed by atoms with Crippen LogP contribution in [-0.4, -0.2) is 28.2 Å². The number of halogens is 2. The van der Waals surface area contributed by atoms with Crippen molar-refractivity contribution in [2.45, 2.75) is 6.42 Å². The van der Waals surface area contributed by atoms with Gasteiger partial charge in [0.05, 0.1) is 20.2 Å². The van der Waals surface area contributed by atoms with Gasteiger partial charge in [-0.3, -0.25) is 14.6 Å². The number of Topliss-reactive ketones (excluding diaryl/α,β-unsaturated/α-hetero) is 1. The Bertz CT molecular complexity index is 855. The minimum atomic E-state index is -0.231. The molecule has 2 N–H and O–H groups in total. The van der Waals surface area contributed by atoms with Crippen molar-refractivity contribution in [3.05, 3.63) is 68.0 Å². The van der Waals surface area contributed by atoms with Crippen LogP contribution < -0.4 is 5.32 Å². The lowest BCUT2D eigenvalue weighted by atomic mass is 9.94. The highest BCUT2D eigenvalue weighted by atomic mass is 79.9. The van der Waals surface area contributed by atoms with Gasteiger partial charge in [0.15, 0.2) is 5.78 Å². The Kier molecular flexibility index (Phi) is 4.82.